The van der Waals surface area contributed by atoms with Gasteiger partial charge in [0.25, 0.3) is 0 Å². The minimum Gasteiger partial charge on any atom is -0.271 e. The molecule has 1 atom stereocenters. The molecule has 1 aliphatic heterocycles. The molecule has 0 saturated heterocycles. The van der Waals surface area contributed by atoms with Gasteiger partial charge in [-0.1, -0.05) is 15.9 Å². The van der Waals surface area contributed by atoms with Crippen LogP contribution in [-0.2, 0) is 18.6 Å². The lowest BCUT2D eigenvalue weighted by Gasteiger charge is -2.15. The number of hydrogen-bond donors (Lipinski definition) is 2. The van der Waals surface area contributed by atoms with Crippen LogP contribution in [0.25, 0.3) is 0 Å². The number of nitrogens with two attached hydrogens (primary N) is 1. The van der Waals surface area contributed by atoms with Crippen LogP contribution in [0.2, 0.25) is 0 Å². The van der Waals surface area contributed by atoms with Crippen molar-refractivity contribution >= 4 is 39.0 Å². The maximum Gasteiger partial charge on any atom is 0.126 e. The zero-order valence-electron chi connectivity index (χ0n) is 11.4. The molecule has 0 aliphatic carbocycles. The van der Waals surface area contributed by atoms with Gasteiger partial charge in [0, 0.05) is 20.0 Å². The molecule has 0 amide bonds. The molecule has 21 heavy (non-hydrogen) atoms. The van der Waals surface area contributed by atoms with Crippen molar-refractivity contribution in [1.82, 2.24) is 5.43 Å². The number of nitrogens with one attached hydrogen (secondary N) is 1. The lowest BCUT2D eigenvalue weighted by atomic mass is 10.0. The fraction of sp³-hybridized carbons (Fsp3) is 0.333. The predicted molar refractivity (Wildman–Crippen MR) is 92.1 cm³/mol. The van der Waals surface area contributed by atoms with Crippen molar-refractivity contribution in [2.24, 2.45) is 5.84 Å². The summed E-state index contributed by atoms with van der Waals surface area (Å²) in [6.45, 7) is 0. The summed E-state index contributed by atoms with van der Waals surface area (Å²) < 4.78 is 14.8. The molecule has 6 heteroatoms. The summed E-state index contributed by atoms with van der Waals surface area (Å²) in [4.78, 5) is 2.66. The van der Waals surface area contributed by atoms with Gasteiger partial charge < -0.3 is 0 Å². The van der Waals surface area contributed by atoms with Crippen LogP contribution < -0.4 is 11.3 Å². The molecule has 0 fully saturated rings. The van der Waals surface area contributed by atoms with Gasteiger partial charge in [-0.15, -0.1) is 11.3 Å². The largest absolute Gasteiger partial charge is 0.271 e. The average molecular weight is 387 g/mol. The van der Waals surface area contributed by atoms with Crippen LogP contribution in [0.1, 0.15) is 26.9 Å². The maximum atomic E-state index is 13.9. The standard InChI is InChI=1S/C15H16BrFN2S2/c16-11-1-2-12(17)9(5-11)6-13(19-18)15-7-10-8-20-4-3-14(10)21-15/h1-2,5,7,13,19H,3-4,6,8,18H2. The number of thioether (sulfide) groups is 1. The van der Waals surface area contributed by atoms with Gasteiger partial charge in [-0.3, -0.25) is 11.3 Å². The van der Waals surface area contributed by atoms with E-state index in [1.165, 1.54) is 27.1 Å². The highest BCUT2D eigenvalue weighted by molar-refractivity contribution is 9.10. The molecule has 1 aliphatic rings. The third kappa shape index (κ3) is 3.51. The van der Waals surface area contributed by atoms with Crippen molar-refractivity contribution in [3.63, 3.8) is 0 Å². The summed E-state index contributed by atoms with van der Waals surface area (Å²) >= 11 is 7.17. The summed E-state index contributed by atoms with van der Waals surface area (Å²) in [7, 11) is 0. The number of hydrazine groups is 1. The third-order valence-corrected chi connectivity index (χ3v) is 6.48. The van der Waals surface area contributed by atoms with Crippen molar-refractivity contribution in [3.8, 4) is 0 Å². The molecular weight excluding hydrogens is 371 g/mol. The fourth-order valence-electron chi connectivity index (χ4n) is 2.50. The number of fused-ring (bicyclic) bond motifs is 1. The lowest BCUT2D eigenvalue weighted by molar-refractivity contribution is 0.535. The van der Waals surface area contributed by atoms with Gasteiger partial charge in [0.15, 0.2) is 0 Å². The Kier molecular flexibility index (Phi) is 5.01. The summed E-state index contributed by atoms with van der Waals surface area (Å²) in [6.07, 6.45) is 1.68. The second-order valence-electron chi connectivity index (χ2n) is 5.06. The molecule has 1 aromatic carbocycles. The Labute approximate surface area is 140 Å². The van der Waals surface area contributed by atoms with E-state index in [4.69, 9.17) is 5.84 Å². The minimum absolute atomic E-state index is 0.0469. The molecule has 0 bridgehead atoms. The highest BCUT2D eigenvalue weighted by Crippen LogP contribution is 2.35. The van der Waals surface area contributed by atoms with Crippen LogP contribution in [-0.4, -0.2) is 5.75 Å². The molecule has 1 aromatic heterocycles. The van der Waals surface area contributed by atoms with Crippen LogP contribution in [0.3, 0.4) is 0 Å². The molecule has 112 valence electrons. The topological polar surface area (TPSA) is 38.0 Å². The van der Waals surface area contributed by atoms with Crippen LogP contribution in [0.15, 0.2) is 28.7 Å². The molecule has 2 aromatic rings. The van der Waals surface area contributed by atoms with E-state index in [0.717, 1.165) is 16.6 Å². The van der Waals surface area contributed by atoms with Crippen molar-refractivity contribution < 1.29 is 4.39 Å². The Morgan fingerprint density at radius 3 is 3.00 bits per heavy atom. The van der Waals surface area contributed by atoms with Crippen LogP contribution in [0.5, 0.6) is 0 Å². The van der Waals surface area contributed by atoms with E-state index in [0.29, 0.717) is 12.0 Å². The molecular formula is C15H16BrFN2S2. The van der Waals surface area contributed by atoms with Crippen molar-refractivity contribution in [3.05, 3.63) is 55.4 Å². The number of thiophene rings is 1. The SMILES string of the molecule is NNC(Cc1cc(Br)ccc1F)c1cc2c(s1)CCSC2. The Hall–Kier alpha value is -0.400. The molecule has 1 unspecified atom stereocenters. The number of halogens is 2. The van der Waals surface area contributed by atoms with Gasteiger partial charge >= 0.3 is 0 Å². The highest BCUT2D eigenvalue weighted by atomic mass is 79.9. The van der Waals surface area contributed by atoms with Crippen LogP contribution in [0.4, 0.5) is 4.39 Å². The van der Waals surface area contributed by atoms with Gasteiger partial charge in [-0.2, -0.15) is 11.8 Å². The maximum absolute atomic E-state index is 13.9. The highest BCUT2D eigenvalue weighted by Gasteiger charge is 2.20. The van der Waals surface area contributed by atoms with Crippen molar-refractivity contribution in [2.45, 2.75) is 24.6 Å². The Morgan fingerprint density at radius 1 is 1.38 bits per heavy atom. The summed E-state index contributed by atoms with van der Waals surface area (Å²) in [5, 5.41) is 0. The van der Waals surface area contributed by atoms with Gasteiger partial charge in [0.2, 0.25) is 0 Å². The molecule has 0 saturated carbocycles. The Bertz CT molecular complexity index is 621. The monoisotopic (exact) mass is 386 g/mol. The van der Waals surface area contributed by atoms with Crippen molar-refractivity contribution in [2.75, 3.05) is 5.75 Å². The first-order valence-electron chi connectivity index (χ1n) is 6.76. The minimum atomic E-state index is -0.185. The Morgan fingerprint density at radius 2 is 2.24 bits per heavy atom. The van der Waals surface area contributed by atoms with E-state index in [2.05, 4.69) is 27.4 Å². The third-order valence-electron chi connectivity index (χ3n) is 3.62. The first kappa shape index (κ1) is 15.5. The van der Waals surface area contributed by atoms with E-state index in [-0.39, 0.29) is 11.9 Å². The lowest BCUT2D eigenvalue weighted by Crippen LogP contribution is -2.29. The van der Waals surface area contributed by atoms with E-state index in [9.17, 15) is 4.39 Å². The second kappa shape index (κ2) is 6.79. The molecule has 3 N–H and O–H groups in total. The number of hydrogen-bond acceptors (Lipinski definition) is 4. The van der Waals surface area contributed by atoms with Crippen LogP contribution in [0, 0.1) is 5.82 Å². The van der Waals surface area contributed by atoms with E-state index < -0.39 is 0 Å². The van der Waals surface area contributed by atoms with E-state index in [1.807, 2.05) is 29.2 Å². The van der Waals surface area contributed by atoms with Crippen LogP contribution >= 0.6 is 39.0 Å². The zero-order valence-corrected chi connectivity index (χ0v) is 14.6. The quantitative estimate of drug-likeness (QED) is 0.611. The second-order valence-corrected chi connectivity index (χ2v) is 8.25. The van der Waals surface area contributed by atoms with Crippen molar-refractivity contribution in [1.29, 1.82) is 0 Å². The van der Waals surface area contributed by atoms with Gasteiger partial charge in [0.1, 0.15) is 5.82 Å². The number of rotatable bonds is 4. The molecule has 3 rings (SSSR count). The van der Waals surface area contributed by atoms with Gasteiger partial charge in [-0.05, 0) is 54.0 Å². The molecule has 2 heterocycles. The molecule has 0 spiro atoms. The number of benzene rings is 1. The summed E-state index contributed by atoms with van der Waals surface area (Å²) in [5.74, 6) is 7.80. The normalized spacial score (nSPS) is 15.8. The Balaban J connectivity index is 1.84. The van der Waals surface area contributed by atoms with Gasteiger partial charge in [-0.25, -0.2) is 4.39 Å². The first-order chi connectivity index (χ1) is 10.2. The molecule has 2 nitrogen and oxygen atoms in total. The predicted octanol–water partition coefficient (Wildman–Crippen LogP) is 4.19. The number of aryl methyl sites for hydroxylation is 1. The van der Waals surface area contributed by atoms with E-state index in [1.54, 1.807) is 6.07 Å². The summed E-state index contributed by atoms with van der Waals surface area (Å²) in [6, 6.07) is 7.21. The fourth-order valence-corrected chi connectivity index (χ4v) is 5.35. The zero-order chi connectivity index (χ0) is 14.8. The smallest absolute Gasteiger partial charge is 0.126 e. The van der Waals surface area contributed by atoms with Gasteiger partial charge in [0.05, 0.1) is 6.04 Å². The molecule has 0 radical (unpaired) electrons. The first-order valence-corrected chi connectivity index (χ1v) is 9.53. The summed E-state index contributed by atoms with van der Waals surface area (Å²) in [5.41, 5.74) is 4.94. The average Bonchev–Trinajstić information content (AvgIpc) is 2.91. The van der Waals surface area contributed by atoms with E-state index >= 15 is 0 Å².